The lowest BCUT2D eigenvalue weighted by Gasteiger charge is -2.12. The molecule has 0 aliphatic rings. The van der Waals surface area contributed by atoms with Crippen LogP contribution >= 0.6 is 0 Å². The molecule has 3 aromatic rings. The Hall–Kier alpha value is -3.16. The van der Waals surface area contributed by atoms with Crippen molar-refractivity contribution in [2.75, 3.05) is 6.61 Å². The van der Waals surface area contributed by atoms with E-state index in [1.807, 2.05) is 24.3 Å². The number of hydrogen-bond donors (Lipinski definition) is 1. The van der Waals surface area contributed by atoms with E-state index in [-0.39, 0.29) is 24.6 Å². The van der Waals surface area contributed by atoms with Gasteiger partial charge in [0.15, 0.2) is 0 Å². The first-order chi connectivity index (χ1) is 12.3. The lowest BCUT2D eigenvalue weighted by molar-refractivity contribution is -0.274. The topological polar surface area (TPSA) is 60.7 Å². The standard InChI is InChI=1S/C18H14F3NO4/c19-18(20,21)26-14-7-5-13(6-8-14)25-10-9-22-15-4-2-1-3-12(15)11-16(22)17(23)24/h1-8,11H,9-10H2,(H,23,24). The Morgan fingerprint density at radius 3 is 2.35 bits per heavy atom. The summed E-state index contributed by atoms with van der Waals surface area (Å²) in [6.07, 6.45) is -4.74. The fourth-order valence-corrected chi connectivity index (χ4v) is 2.62. The molecule has 0 saturated carbocycles. The molecule has 0 unspecified atom stereocenters. The number of rotatable bonds is 6. The summed E-state index contributed by atoms with van der Waals surface area (Å²) in [5.41, 5.74) is 0.908. The third-order valence-electron chi connectivity index (χ3n) is 3.67. The van der Waals surface area contributed by atoms with Crippen LogP contribution in [0.15, 0.2) is 54.6 Å². The van der Waals surface area contributed by atoms with Gasteiger partial charge in [-0.2, -0.15) is 0 Å². The third-order valence-corrected chi connectivity index (χ3v) is 3.67. The van der Waals surface area contributed by atoms with Gasteiger partial charge in [0, 0.05) is 10.9 Å². The van der Waals surface area contributed by atoms with E-state index in [2.05, 4.69) is 4.74 Å². The number of nitrogens with zero attached hydrogens (tertiary/aromatic N) is 1. The predicted molar refractivity (Wildman–Crippen MR) is 87.5 cm³/mol. The highest BCUT2D eigenvalue weighted by atomic mass is 19.4. The molecule has 2 aromatic carbocycles. The van der Waals surface area contributed by atoms with Gasteiger partial charge in [-0.05, 0) is 36.4 Å². The van der Waals surface area contributed by atoms with Crippen LogP contribution in [0.25, 0.3) is 10.9 Å². The average molecular weight is 365 g/mol. The number of para-hydroxylation sites is 1. The Morgan fingerprint density at radius 1 is 1.04 bits per heavy atom. The van der Waals surface area contributed by atoms with Crippen molar-refractivity contribution in [2.45, 2.75) is 12.9 Å². The third kappa shape index (κ3) is 4.08. The predicted octanol–water partition coefficient (Wildman–Crippen LogP) is 4.32. The fraction of sp³-hybridized carbons (Fsp3) is 0.167. The molecule has 1 aromatic heterocycles. The van der Waals surface area contributed by atoms with E-state index < -0.39 is 12.3 Å². The van der Waals surface area contributed by atoms with Gasteiger partial charge in [0.1, 0.15) is 23.8 Å². The fourth-order valence-electron chi connectivity index (χ4n) is 2.62. The van der Waals surface area contributed by atoms with E-state index in [9.17, 15) is 23.1 Å². The van der Waals surface area contributed by atoms with Crippen molar-refractivity contribution in [1.29, 1.82) is 0 Å². The average Bonchev–Trinajstić information content (AvgIpc) is 2.94. The first-order valence-electron chi connectivity index (χ1n) is 7.64. The van der Waals surface area contributed by atoms with Gasteiger partial charge in [0.25, 0.3) is 0 Å². The minimum Gasteiger partial charge on any atom is -0.492 e. The van der Waals surface area contributed by atoms with Crippen LogP contribution in [0.4, 0.5) is 13.2 Å². The van der Waals surface area contributed by atoms with Crippen molar-refractivity contribution < 1.29 is 32.5 Å². The van der Waals surface area contributed by atoms with Gasteiger partial charge >= 0.3 is 12.3 Å². The van der Waals surface area contributed by atoms with Crippen molar-refractivity contribution in [3.63, 3.8) is 0 Å². The van der Waals surface area contributed by atoms with E-state index >= 15 is 0 Å². The van der Waals surface area contributed by atoms with E-state index in [4.69, 9.17) is 4.74 Å². The van der Waals surface area contributed by atoms with Gasteiger partial charge in [-0.25, -0.2) is 4.79 Å². The Balaban J connectivity index is 1.68. The van der Waals surface area contributed by atoms with Crippen LogP contribution in [0, 0.1) is 0 Å². The zero-order valence-corrected chi connectivity index (χ0v) is 13.4. The number of aromatic nitrogens is 1. The minimum atomic E-state index is -4.74. The summed E-state index contributed by atoms with van der Waals surface area (Å²) < 4.78 is 47.3. The molecular formula is C18H14F3NO4. The van der Waals surface area contributed by atoms with Crippen molar-refractivity contribution in [3.8, 4) is 11.5 Å². The summed E-state index contributed by atoms with van der Waals surface area (Å²) in [6, 6.07) is 13.8. The van der Waals surface area contributed by atoms with Crippen molar-refractivity contribution in [3.05, 3.63) is 60.3 Å². The lowest BCUT2D eigenvalue weighted by Crippen LogP contribution is -2.17. The molecule has 0 atom stereocenters. The summed E-state index contributed by atoms with van der Waals surface area (Å²) in [7, 11) is 0. The van der Waals surface area contributed by atoms with Gasteiger partial charge in [0.2, 0.25) is 0 Å². The number of ether oxygens (including phenoxy) is 2. The first kappa shape index (κ1) is 17.7. The van der Waals surface area contributed by atoms with Crippen LogP contribution in [0.3, 0.4) is 0 Å². The molecule has 3 rings (SSSR count). The zero-order chi connectivity index (χ0) is 18.7. The first-order valence-corrected chi connectivity index (χ1v) is 7.64. The molecule has 26 heavy (non-hydrogen) atoms. The van der Waals surface area contributed by atoms with Crippen LogP contribution < -0.4 is 9.47 Å². The van der Waals surface area contributed by atoms with Gasteiger partial charge in [-0.3, -0.25) is 0 Å². The molecular weight excluding hydrogens is 351 g/mol. The van der Waals surface area contributed by atoms with Gasteiger partial charge < -0.3 is 19.1 Å². The smallest absolute Gasteiger partial charge is 0.492 e. The largest absolute Gasteiger partial charge is 0.573 e. The Labute approximate surface area is 146 Å². The van der Waals surface area contributed by atoms with Crippen molar-refractivity contribution in [2.24, 2.45) is 0 Å². The second kappa shape index (κ2) is 6.99. The van der Waals surface area contributed by atoms with E-state index in [1.165, 1.54) is 12.1 Å². The van der Waals surface area contributed by atoms with Crippen LogP contribution in [0.2, 0.25) is 0 Å². The van der Waals surface area contributed by atoms with Gasteiger partial charge in [-0.1, -0.05) is 18.2 Å². The van der Waals surface area contributed by atoms with Crippen LogP contribution in [0.5, 0.6) is 11.5 Å². The number of halogens is 3. The van der Waals surface area contributed by atoms with Crippen LogP contribution in [0.1, 0.15) is 10.5 Å². The maximum absolute atomic E-state index is 12.1. The zero-order valence-electron chi connectivity index (χ0n) is 13.4. The molecule has 0 fully saturated rings. The highest BCUT2D eigenvalue weighted by molar-refractivity contribution is 5.94. The number of hydrogen-bond acceptors (Lipinski definition) is 3. The number of fused-ring (bicyclic) bond motifs is 1. The van der Waals surface area contributed by atoms with Crippen LogP contribution in [-0.4, -0.2) is 28.6 Å². The van der Waals surface area contributed by atoms with Gasteiger partial charge in [-0.15, -0.1) is 13.2 Å². The maximum Gasteiger partial charge on any atom is 0.573 e. The maximum atomic E-state index is 12.1. The molecule has 1 heterocycles. The molecule has 0 saturated heterocycles. The second-order valence-corrected chi connectivity index (χ2v) is 5.41. The lowest BCUT2D eigenvalue weighted by atomic mass is 10.2. The summed E-state index contributed by atoms with van der Waals surface area (Å²) in [5, 5.41) is 10.1. The number of alkyl halides is 3. The van der Waals surface area contributed by atoms with E-state index in [0.717, 1.165) is 23.0 Å². The molecule has 0 aliphatic heterocycles. The second-order valence-electron chi connectivity index (χ2n) is 5.41. The van der Waals surface area contributed by atoms with E-state index in [0.29, 0.717) is 5.75 Å². The summed E-state index contributed by atoms with van der Waals surface area (Å²) in [4.78, 5) is 11.4. The number of carboxylic acid groups (broad SMARTS) is 1. The molecule has 0 spiro atoms. The molecule has 8 heteroatoms. The van der Waals surface area contributed by atoms with Crippen LogP contribution in [-0.2, 0) is 6.54 Å². The van der Waals surface area contributed by atoms with Crippen molar-refractivity contribution in [1.82, 2.24) is 4.57 Å². The number of aromatic carboxylic acids is 1. The number of carboxylic acids is 1. The summed E-state index contributed by atoms with van der Waals surface area (Å²) >= 11 is 0. The Morgan fingerprint density at radius 2 is 1.69 bits per heavy atom. The molecule has 0 radical (unpaired) electrons. The molecule has 1 N–H and O–H groups in total. The molecule has 5 nitrogen and oxygen atoms in total. The SMILES string of the molecule is O=C(O)c1cc2ccccc2n1CCOc1ccc(OC(F)(F)F)cc1. The van der Waals surface area contributed by atoms with Crippen molar-refractivity contribution >= 4 is 16.9 Å². The quantitative estimate of drug-likeness (QED) is 0.707. The van der Waals surface area contributed by atoms with Gasteiger partial charge in [0.05, 0.1) is 6.54 Å². The highest BCUT2D eigenvalue weighted by Gasteiger charge is 2.30. The normalized spacial score (nSPS) is 11.5. The monoisotopic (exact) mass is 365 g/mol. The molecule has 0 bridgehead atoms. The Kier molecular flexibility index (Phi) is 4.75. The number of carbonyl (C=O) groups is 1. The highest BCUT2D eigenvalue weighted by Crippen LogP contribution is 2.25. The molecule has 136 valence electrons. The molecule has 0 aliphatic carbocycles. The minimum absolute atomic E-state index is 0.142. The summed E-state index contributed by atoms with van der Waals surface area (Å²) in [5.74, 6) is -1.03. The number of benzene rings is 2. The Bertz CT molecular complexity index is 916. The summed E-state index contributed by atoms with van der Waals surface area (Å²) in [6.45, 7) is 0.425. The van der Waals surface area contributed by atoms with E-state index in [1.54, 1.807) is 10.6 Å². The molecule has 0 amide bonds.